The van der Waals surface area contributed by atoms with Gasteiger partial charge in [0.1, 0.15) is 0 Å². The normalized spacial score (nSPS) is 12.6. The highest BCUT2D eigenvalue weighted by Gasteiger charge is 2.37. The van der Waals surface area contributed by atoms with E-state index >= 15 is 0 Å². The smallest absolute Gasteiger partial charge is 0.338 e. The SMILES string of the molecule is CCCCCCCCCCCCOc1cc(C(=O)OCCCCCCN2C(=O)c3ccc4c5ccc6c7c(ccc(c8ccc(c3c48)C2=O)c75)C(=O)N(CCCCCCOC(=O)c2cc(OCCCCCCCCCCCC)c(OCCCCCCCCCCCC)c(OCCCCCCCCCCCC)c2)C6=O)cc(OCCCCCCCCCCCC)c1OCCCCCCCCCCCC. The van der Waals surface area contributed by atoms with Gasteiger partial charge >= 0.3 is 11.9 Å². The first-order valence-corrected chi connectivity index (χ1v) is 57.4. The van der Waals surface area contributed by atoms with E-state index < -0.39 is 11.9 Å². The summed E-state index contributed by atoms with van der Waals surface area (Å²) in [6.45, 7) is 17.7. The maximum Gasteiger partial charge on any atom is 0.338 e. The van der Waals surface area contributed by atoms with Crippen molar-refractivity contribution in [1.29, 1.82) is 0 Å². The Kier molecular flexibility index (Phi) is 57.3. The molecule has 4 amide bonds. The van der Waals surface area contributed by atoms with Crippen molar-refractivity contribution >= 4 is 78.7 Å². The van der Waals surface area contributed by atoms with Crippen LogP contribution in [0.1, 0.15) is 540 Å². The molecular formula is C122H186N2O14. The molecule has 16 heteroatoms. The molecule has 138 heavy (non-hydrogen) atoms. The Bertz CT molecular complexity index is 4090. The first-order chi connectivity index (χ1) is 68.0. The number of amides is 4. The van der Waals surface area contributed by atoms with Gasteiger partial charge in [-0.2, -0.15) is 0 Å². The zero-order chi connectivity index (χ0) is 97.5. The molecule has 0 bridgehead atoms. The maximum absolute atomic E-state index is 14.7. The number of unbranched alkanes of at least 4 members (excludes halogenated alkanes) is 60. The van der Waals surface area contributed by atoms with Gasteiger partial charge in [-0.15, -0.1) is 0 Å². The lowest BCUT2D eigenvalue weighted by molar-refractivity contribution is 0.0486. The van der Waals surface area contributed by atoms with E-state index in [0.29, 0.717) is 157 Å². The summed E-state index contributed by atoms with van der Waals surface area (Å²) >= 11 is 0. The molecule has 0 spiro atoms. The molecule has 0 unspecified atom stereocenters. The molecule has 2 aliphatic rings. The minimum Gasteiger partial charge on any atom is -0.490 e. The number of carbonyl (C=O) groups excluding carboxylic acids is 6. The van der Waals surface area contributed by atoms with Crippen LogP contribution >= 0.6 is 0 Å². The molecule has 7 aromatic rings. The number of carbonyl (C=O) groups is 6. The third-order valence-electron chi connectivity index (χ3n) is 28.8. The Labute approximate surface area is 834 Å². The Morgan fingerprint density at radius 3 is 0.580 bits per heavy atom. The first kappa shape index (κ1) is 113. The molecule has 0 saturated carbocycles. The zero-order valence-corrected chi connectivity index (χ0v) is 87.7. The Hall–Kier alpha value is -8.14. The molecule has 7 aromatic carbocycles. The van der Waals surface area contributed by atoms with Crippen molar-refractivity contribution in [2.24, 2.45) is 0 Å². The van der Waals surface area contributed by atoms with Gasteiger partial charge in [-0.05, 0) is 158 Å². The van der Waals surface area contributed by atoms with Crippen molar-refractivity contribution in [3.63, 3.8) is 0 Å². The average Bonchev–Trinajstić information content (AvgIpc) is 0.689. The fraction of sp³-hybridized carbons (Fsp3) is 0.689. The number of fused-ring (bicyclic) bond motifs is 2. The molecule has 0 atom stereocenters. The van der Waals surface area contributed by atoms with E-state index in [1.54, 1.807) is 24.3 Å². The molecule has 0 saturated heterocycles. The van der Waals surface area contributed by atoms with Crippen molar-refractivity contribution in [1.82, 2.24) is 9.80 Å². The molecule has 2 heterocycles. The van der Waals surface area contributed by atoms with E-state index in [1.165, 1.54) is 318 Å². The van der Waals surface area contributed by atoms with Crippen molar-refractivity contribution < 1.29 is 66.7 Å². The quantitative estimate of drug-likeness (QED) is 0.0115. The molecular weight excluding hydrogens is 1720 g/mol. The van der Waals surface area contributed by atoms with Gasteiger partial charge in [0.05, 0.1) is 64.0 Å². The summed E-state index contributed by atoms with van der Waals surface area (Å²) in [6, 6.07) is 22.3. The van der Waals surface area contributed by atoms with E-state index in [1.807, 2.05) is 48.5 Å². The van der Waals surface area contributed by atoms with Crippen LogP contribution in [-0.4, -0.2) is 111 Å². The van der Waals surface area contributed by atoms with Crippen LogP contribution in [0.2, 0.25) is 0 Å². The Morgan fingerprint density at radius 2 is 0.377 bits per heavy atom. The van der Waals surface area contributed by atoms with E-state index in [-0.39, 0.29) is 49.9 Å². The highest BCUT2D eigenvalue weighted by molar-refractivity contribution is 6.41. The monoisotopic (exact) mass is 1900 g/mol. The summed E-state index contributed by atoms with van der Waals surface area (Å²) in [7, 11) is 0. The summed E-state index contributed by atoms with van der Waals surface area (Å²) in [4.78, 5) is 89.9. The largest absolute Gasteiger partial charge is 0.490 e. The van der Waals surface area contributed by atoms with Crippen LogP contribution in [0, 0.1) is 0 Å². The molecule has 0 N–H and O–H groups in total. The van der Waals surface area contributed by atoms with Crippen LogP contribution in [0.15, 0.2) is 72.8 Å². The van der Waals surface area contributed by atoms with Crippen molar-refractivity contribution in [2.45, 2.75) is 478 Å². The lowest BCUT2D eigenvalue weighted by atomic mass is 9.82. The lowest BCUT2D eigenvalue weighted by Crippen LogP contribution is -2.41. The molecule has 0 aliphatic carbocycles. The van der Waals surface area contributed by atoms with Gasteiger partial charge in [0.25, 0.3) is 23.6 Å². The van der Waals surface area contributed by atoms with Crippen LogP contribution in [0.4, 0.5) is 0 Å². The number of rotatable bonds is 88. The van der Waals surface area contributed by atoms with Crippen molar-refractivity contribution in [2.75, 3.05) is 65.9 Å². The molecule has 9 rings (SSSR count). The third kappa shape index (κ3) is 38.9. The first-order valence-electron chi connectivity index (χ1n) is 57.4. The second kappa shape index (κ2) is 69.7. The number of nitrogens with zero attached hydrogens (tertiary/aromatic N) is 2. The summed E-state index contributed by atoms with van der Waals surface area (Å²) in [5.41, 5.74) is 2.61. The summed E-state index contributed by atoms with van der Waals surface area (Å²) in [6.07, 6.45) is 78.9. The van der Waals surface area contributed by atoms with Crippen LogP contribution in [-0.2, 0) is 9.47 Å². The van der Waals surface area contributed by atoms with Crippen molar-refractivity contribution in [3.05, 3.63) is 106 Å². The van der Waals surface area contributed by atoms with Gasteiger partial charge in [0, 0.05) is 46.1 Å². The number of imide groups is 2. The van der Waals surface area contributed by atoms with E-state index in [4.69, 9.17) is 37.9 Å². The standard InChI is InChI=1S/C122H186N2O14/c1-7-13-19-25-31-37-43-49-57-67-85-131-107-93-97(94-108(132-86-68-58-50-44-38-32-26-20-14-8-2)115(107)135-89-71-61-53-47-41-35-29-23-17-11-5)121(129)137-91-73-63-55-65-83-123-117(125)103-79-75-99-101-77-81-105-114-106(82-78-102(112(101)114)100-76-80-104(118(123)126)113(103)111(99)100)120(128)124(119(105)127)84-66-56-64-74-92-138-122(130)98-95-109(133-87-69-59-51-45-39-33-27-21-15-9-3)116(136-90-72-62-54-48-42-36-30-24-18-12-6)110(96-98)134-88-70-60-52-46-40-34-28-22-16-10-4/h75-82,93-96H,7-74,83-92H2,1-6H3. The predicted octanol–water partition coefficient (Wildman–Crippen LogP) is 35.6. The molecule has 2 aliphatic heterocycles. The van der Waals surface area contributed by atoms with Gasteiger partial charge in [-0.25, -0.2) is 9.59 Å². The topological polar surface area (TPSA) is 183 Å². The fourth-order valence-electron chi connectivity index (χ4n) is 20.4. The molecule has 0 aromatic heterocycles. The van der Waals surface area contributed by atoms with Gasteiger partial charge < -0.3 is 37.9 Å². The number of hydrogen-bond acceptors (Lipinski definition) is 14. The Balaban J connectivity index is 0.778. The lowest BCUT2D eigenvalue weighted by Gasteiger charge is -2.30. The third-order valence-corrected chi connectivity index (χ3v) is 28.8. The summed E-state index contributed by atoms with van der Waals surface area (Å²) in [5, 5.41) is 6.21. The van der Waals surface area contributed by atoms with Gasteiger partial charge in [0.15, 0.2) is 23.0 Å². The number of ether oxygens (including phenoxy) is 8. The van der Waals surface area contributed by atoms with Gasteiger partial charge in [0.2, 0.25) is 11.5 Å². The number of benzene rings is 7. The van der Waals surface area contributed by atoms with Crippen LogP contribution < -0.4 is 28.4 Å². The second-order valence-electron chi connectivity index (χ2n) is 40.6. The molecule has 768 valence electrons. The van der Waals surface area contributed by atoms with E-state index in [2.05, 4.69) is 41.5 Å². The average molecular weight is 1900 g/mol. The summed E-state index contributed by atoms with van der Waals surface area (Å²) in [5.74, 6) is 1.05. The second-order valence-corrected chi connectivity index (χ2v) is 40.6. The highest BCUT2D eigenvalue weighted by atomic mass is 16.6. The highest BCUT2D eigenvalue weighted by Crippen LogP contribution is 2.48. The molecule has 0 radical (unpaired) electrons. The van der Waals surface area contributed by atoms with E-state index in [0.717, 1.165) is 122 Å². The minimum atomic E-state index is -0.440. The molecule has 0 fully saturated rings. The Morgan fingerprint density at radius 1 is 0.203 bits per heavy atom. The van der Waals surface area contributed by atoms with E-state index in [9.17, 15) is 28.8 Å². The minimum absolute atomic E-state index is 0.207. The fourth-order valence-corrected chi connectivity index (χ4v) is 20.4. The van der Waals surface area contributed by atoms with Gasteiger partial charge in [-0.1, -0.05) is 425 Å². The van der Waals surface area contributed by atoms with Crippen LogP contribution in [0.5, 0.6) is 34.5 Å². The van der Waals surface area contributed by atoms with Crippen molar-refractivity contribution in [3.8, 4) is 34.5 Å². The number of esters is 2. The van der Waals surface area contributed by atoms with Crippen LogP contribution in [0.3, 0.4) is 0 Å². The predicted molar refractivity (Wildman–Crippen MR) is 573 cm³/mol. The molecule has 16 nitrogen and oxygen atoms in total. The van der Waals surface area contributed by atoms with Crippen LogP contribution in [0.25, 0.3) is 43.1 Å². The number of hydrogen-bond donors (Lipinski definition) is 0. The maximum atomic E-state index is 14.7. The summed E-state index contributed by atoms with van der Waals surface area (Å²) < 4.78 is 51.8. The zero-order valence-electron chi connectivity index (χ0n) is 87.7. The van der Waals surface area contributed by atoms with Gasteiger partial charge in [-0.3, -0.25) is 29.0 Å².